The number of carbonyl (C=O) groups is 1. The fourth-order valence-electron chi connectivity index (χ4n) is 1.32. The molecular formula is C16H14N2O. The Hall–Kier alpha value is -2.86. The molecule has 0 aliphatic carbocycles. The molecule has 0 saturated heterocycles. The first-order valence-corrected chi connectivity index (χ1v) is 5.64. The molecule has 3 nitrogen and oxygen atoms in total. The molecule has 2 aromatic carbocycles. The Morgan fingerprint density at radius 3 is 1.53 bits per heavy atom. The number of primary amides is 1. The molecule has 2 N–H and O–H groups in total. The monoisotopic (exact) mass is 250 g/mol. The topological polar surface area (TPSA) is 66.9 Å². The zero-order valence-electron chi connectivity index (χ0n) is 10.4. The highest BCUT2D eigenvalue weighted by molar-refractivity contribution is 5.95. The van der Waals surface area contributed by atoms with Crippen molar-refractivity contribution in [1.29, 1.82) is 5.26 Å². The van der Waals surface area contributed by atoms with Gasteiger partial charge in [0, 0.05) is 0 Å². The molecule has 2 aromatic rings. The summed E-state index contributed by atoms with van der Waals surface area (Å²) in [5.74, 6) is -0.762. The minimum Gasteiger partial charge on any atom is -0.365 e. The predicted molar refractivity (Wildman–Crippen MR) is 75.8 cm³/mol. The Morgan fingerprint density at radius 2 is 1.32 bits per heavy atom. The van der Waals surface area contributed by atoms with Crippen LogP contribution in [0.5, 0.6) is 0 Å². The highest BCUT2D eigenvalue weighted by Crippen LogP contribution is 2.17. The highest BCUT2D eigenvalue weighted by Gasteiger charge is 1.94. The second kappa shape index (κ2) is 7.46. The lowest BCUT2D eigenvalue weighted by Gasteiger charge is -1.98. The lowest BCUT2D eigenvalue weighted by atomic mass is 10.1. The van der Waals surface area contributed by atoms with E-state index in [1.807, 2.05) is 12.1 Å². The fourth-order valence-corrected chi connectivity index (χ4v) is 1.32. The molecule has 0 saturated carbocycles. The van der Waals surface area contributed by atoms with Crippen molar-refractivity contribution in [2.24, 2.45) is 5.73 Å². The van der Waals surface area contributed by atoms with Crippen LogP contribution in [0.1, 0.15) is 0 Å². The van der Waals surface area contributed by atoms with E-state index < -0.39 is 5.91 Å². The maximum absolute atomic E-state index is 9.83. The van der Waals surface area contributed by atoms with Crippen LogP contribution in [0.25, 0.3) is 11.1 Å². The maximum atomic E-state index is 9.83. The van der Waals surface area contributed by atoms with E-state index in [9.17, 15) is 4.79 Å². The average Bonchev–Trinajstić information content (AvgIpc) is 2.49. The van der Waals surface area contributed by atoms with E-state index in [4.69, 9.17) is 5.26 Å². The van der Waals surface area contributed by atoms with Gasteiger partial charge in [-0.1, -0.05) is 67.2 Å². The summed E-state index contributed by atoms with van der Waals surface area (Å²) in [5, 5.41) is 7.85. The summed E-state index contributed by atoms with van der Waals surface area (Å²) in [6.45, 7) is 3.04. The Kier molecular flexibility index (Phi) is 5.58. The van der Waals surface area contributed by atoms with E-state index in [1.54, 1.807) is 0 Å². The van der Waals surface area contributed by atoms with Crippen molar-refractivity contribution in [2.45, 2.75) is 0 Å². The summed E-state index contributed by atoms with van der Waals surface area (Å²) in [4.78, 5) is 9.83. The molecule has 0 aliphatic heterocycles. The van der Waals surface area contributed by atoms with Crippen molar-refractivity contribution in [3.05, 3.63) is 72.8 Å². The van der Waals surface area contributed by atoms with Crippen LogP contribution in [0, 0.1) is 11.3 Å². The van der Waals surface area contributed by atoms with Crippen molar-refractivity contribution < 1.29 is 4.79 Å². The van der Waals surface area contributed by atoms with E-state index in [-0.39, 0.29) is 5.57 Å². The van der Waals surface area contributed by atoms with Crippen molar-refractivity contribution in [2.75, 3.05) is 0 Å². The van der Waals surface area contributed by atoms with Crippen LogP contribution in [0.3, 0.4) is 0 Å². The zero-order chi connectivity index (χ0) is 14.1. The van der Waals surface area contributed by atoms with Gasteiger partial charge in [0.15, 0.2) is 0 Å². The van der Waals surface area contributed by atoms with Crippen LogP contribution >= 0.6 is 0 Å². The van der Waals surface area contributed by atoms with Gasteiger partial charge in [0.1, 0.15) is 11.6 Å². The Morgan fingerprint density at radius 1 is 0.947 bits per heavy atom. The Bertz CT molecular complexity index is 546. The molecule has 0 aliphatic rings. The molecule has 2 rings (SSSR count). The minimum atomic E-state index is -0.762. The molecule has 0 aromatic heterocycles. The van der Waals surface area contributed by atoms with Crippen molar-refractivity contribution in [3.8, 4) is 17.2 Å². The van der Waals surface area contributed by atoms with E-state index in [2.05, 4.69) is 60.8 Å². The van der Waals surface area contributed by atoms with Crippen LogP contribution in [0.2, 0.25) is 0 Å². The number of nitrogens with zero attached hydrogens (tertiary/aromatic N) is 1. The van der Waals surface area contributed by atoms with Crippen LogP contribution in [0.4, 0.5) is 0 Å². The number of hydrogen-bond donors (Lipinski definition) is 1. The normalized spacial score (nSPS) is 8.58. The first kappa shape index (κ1) is 14.2. The molecule has 0 bridgehead atoms. The summed E-state index contributed by atoms with van der Waals surface area (Å²) in [6, 6.07) is 22.3. The third-order valence-electron chi connectivity index (χ3n) is 2.31. The van der Waals surface area contributed by atoms with Crippen molar-refractivity contribution in [1.82, 2.24) is 0 Å². The third-order valence-corrected chi connectivity index (χ3v) is 2.31. The van der Waals surface area contributed by atoms with Crippen LogP contribution < -0.4 is 5.73 Å². The van der Waals surface area contributed by atoms with Crippen LogP contribution in [-0.2, 0) is 4.79 Å². The number of hydrogen-bond acceptors (Lipinski definition) is 2. The smallest absolute Gasteiger partial charge is 0.258 e. The quantitative estimate of drug-likeness (QED) is 0.657. The number of benzene rings is 2. The molecule has 0 heterocycles. The van der Waals surface area contributed by atoms with Gasteiger partial charge in [0.2, 0.25) is 0 Å². The van der Waals surface area contributed by atoms with E-state index in [0.29, 0.717) is 0 Å². The molecular weight excluding hydrogens is 236 g/mol. The lowest BCUT2D eigenvalue weighted by Crippen LogP contribution is -2.11. The van der Waals surface area contributed by atoms with E-state index >= 15 is 0 Å². The van der Waals surface area contributed by atoms with Gasteiger partial charge in [0.25, 0.3) is 5.91 Å². The summed E-state index contributed by atoms with van der Waals surface area (Å²) in [5.41, 5.74) is 6.93. The number of amides is 1. The molecule has 0 spiro atoms. The van der Waals surface area contributed by atoms with Gasteiger partial charge in [-0.2, -0.15) is 5.26 Å². The second-order valence-corrected chi connectivity index (χ2v) is 3.69. The van der Waals surface area contributed by atoms with Crippen molar-refractivity contribution >= 4 is 5.91 Å². The molecule has 0 unspecified atom stereocenters. The van der Waals surface area contributed by atoms with Gasteiger partial charge in [-0.3, -0.25) is 4.79 Å². The average molecular weight is 250 g/mol. The predicted octanol–water partition coefficient (Wildman–Crippen LogP) is 2.91. The number of carbonyl (C=O) groups excluding carboxylic acids is 1. The second-order valence-electron chi connectivity index (χ2n) is 3.69. The molecule has 0 atom stereocenters. The standard InChI is InChI=1S/C12H10.C4H4N2O/c1-3-7-11(8-4-1)12-9-5-2-6-10-12;1-3(2-5)4(6)7/h1-10H;1H2,(H2,6,7). The zero-order valence-corrected chi connectivity index (χ0v) is 10.4. The Labute approximate surface area is 112 Å². The molecule has 0 fully saturated rings. The minimum absolute atomic E-state index is 0.208. The largest absolute Gasteiger partial charge is 0.365 e. The summed E-state index contributed by atoms with van der Waals surface area (Å²) >= 11 is 0. The lowest BCUT2D eigenvalue weighted by molar-refractivity contribution is -0.114. The van der Waals surface area contributed by atoms with Gasteiger partial charge in [0.05, 0.1) is 0 Å². The van der Waals surface area contributed by atoms with Crippen LogP contribution in [-0.4, -0.2) is 5.91 Å². The summed E-state index contributed by atoms with van der Waals surface area (Å²) < 4.78 is 0. The van der Waals surface area contributed by atoms with E-state index in [0.717, 1.165) is 0 Å². The summed E-state index contributed by atoms with van der Waals surface area (Å²) in [7, 11) is 0. The molecule has 1 amide bonds. The highest BCUT2D eigenvalue weighted by atomic mass is 16.1. The van der Waals surface area contributed by atoms with Gasteiger partial charge in [-0.05, 0) is 11.1 Å². The number of nitriles is 1. The summed E-state index contributed by atoms with van der Waals surface area (Å²) in [6.07, 6.45) is 0. The molecule has 3 heteroatoms. The number of rotatable bonds is 2. The van der Waals surface area contributed by atoms with Crippen molar-refractivity contribution in [3.63, 3.8) is 0 Å². The Balaban J connectivity index is 0.000000224. The maximum Gasteiger partial charge on any atom is 0.258 e. The molecule has 94 valence electrons. The first-order valence-electron chi connectivity index (χ1n) is 5.64. The van der Waals surface area contributed by atoms with Gasteiger partial charge in [-0.15, -0.1) is 0 Å². The molecule has 19 heavy (non-hydrogen) atoms. The fraction of sp³-hybridized carbons (Fsp3) is 0. The SMILES string of the molecule is C=C(C#N)C(N)=O.c1ccc(-c2ccccc2)cc1. The molecule has 0 radical (unpaired) electrons. The first-order chi connectivity index (χ1) is 9.15. The van der Waals surface area contributed by atoms with Gasteiger partial charge in [-0.25, -0.2) is 0 Å². The van der Waals surface area contributed by atoms with Gasteiger partial charge >= 0.3 is 0 Å². The van der Waals surface area contributed by atoms with Gasteiger partial charge < -0.3 is 5.73 Å². The van der Waals surface area contributed by atoms with E-state index in [1.165, 1.54) is 17.2 Å². The third kappa shape index (κ3) is 4.88. The van der Waals surface area contributed by atoms with Crippen LogP contribution in [0.15, 0.2) is 72.8 Å². The number of nitrogens with two attached hydrogens (primary N) is 1.